The zero-order valence-electron chi connectivity index (χ0n) is 14.8. The Labute approximate surface area is 142 Å². The molecule has 1 aliphatic rings. The third kappa shape index (κ3) is 4.34. The van der Waals surface area contributed by atoms with Crippen LogP contribution >= 0.6 is 0 Å². The van der Waals surface area contributed by atoms with Crippen molar-refractivity contribution in [1.82, 2.24) is 15.1 Å². The molecule has 0 atom stereocenters. The lowest BCUT2D eigenvalue weighted by molar-refractivity contribution is -0.147. The van der Waals surface area contributed by atoms with E-state index >= 15 is 0 Å². The zero-order chi connectivity index (χ0) is 17.9. The molecule has 0 unspecified atom stereocenters. The van der Waals surface area contributed by atoms with Crippen LogP contribution in [0.4, 0.5) is 0 Å². The van der Waals surface area contributed by atoms with Crippen molar-refractivity contribution in [1.29, 1.82) is 0 Å². The standard InChI is InChI=1S/C18H25N3O3/c1-12(2)19-16(22)18(24)21-7-5-20(6-8-21)17(23)15-10-13(3)9-14(4)11-15/h9-12H,5-8H2,1-4H3,(H,19,22). The van der Waals surface area contributed by atoms with Crippen molar-refractivity contribution in [3.05, 3.63) is 34.9 Å². The first kappa shape index (κ1) is 18.0. The van der Waals surface area contributed by atoms with E-state index < -0.39 is 11.8 Å². The summed E-state index contributed by atoms with van der Waals surface area (Å²) >= 11 is 0. The molecule has 1 saturated heterocycles. The first-order valence-electron chi connectivity index (χ1n) is 8.25. The molecule has 1 aliphatic heterocycles. The van der Waals surface area contributed by atoms with E-state index in [9.17, 15) is 14.4 Å². The molecule has 130 valence electrons. The SMILES string of the molecule is Cc1cc(C)cc(C(=O)N2CCN(C(=O)C(=O)NC(C)C)CC2)c1. The molecule has 24 heavy (non-hydrogen) atoms. The van der Waals surface area contributed by atoms with Crippen molar-refractivity contribution in [3.8, 4) is 0 Å². The maximum absolute atomic E-state index is 12.6. The summed E-state index contributed by atoms with van der Waals surface area (Å²) in [4.78, 5) is 39.7. The molecule has 1 N–H and O–H groups in total. The van der Waals surface area contributed by atoms with Gasteiger partial charge in [0.1, 0.15) is 0 Å². The minimum Gasteiger partial charge on any atom is -0.346 e. The van der Waals surface area contributed by atoms with Crippen LogP contribution in [0.25, 0.3) is 0 Å². The summed E-state index contributed by atoms with van der Waals surface area (Å²) in [7, 11) is 0. The molecule has 0 spiro atoms. The molecule has 3 amide bonds. The van der Waals surface area contributed by atoms with Crippen molar-refractivity contribution < 1.29 is 14.4 Å². The van der Waals surface area contributed by atoms with Crippen LogP contribution in [0.15, 0.2) is 18.2 Å². The number of carbonyl (C=O) groups excluding carboxylic acids is 3. The van der Waals surface area contributed by atoms with Crippen LogP contribution in [-0.4, -0.2) is 59.7 Å². The summed E-state index contributed by atoms with van der Waals surface area (Å²) < 4.78 is 0. The van der Waals surface area contributed by atoms with Crippen LogP contribution in [0, 0.1) is 13.8 Å². The van der Waals surface area contributed by atoms with Crippen molar-refractivity contribution in [2.75, 3.05) is 26.2 Å². The summed E-state index contributed by atoms with van der Waals surface area (Å²) in [6.45, 7) is 9.18. The van der Waals surface area contributed by atoms with E-state index in [4.69, 9.17) is 0 Å². The second kappa shape index (κ2) is 7.47. The highest BCUT2D eigenvalue weighted by atomic mass is 16.2. The molecule has 0 aliphatic carbocycles. The highest BCUT2D eigenvalue weighted by Crippen LogP contribution is 2.13. The largest absolute Gasteiger partial charge is 0.346 e. The van der Waals surface area contributed by atoms with Gasteiger partial charge in [-0.2, -0.15) is 0 Å². The Bertz CT molecular complexity index is 627. The number of hydrogen-bond donors (Lipinski definition) is 1. The van der Waals surface area contributed by atoms with Gasteiger partial charge in [-0.3, -0.25) is 14.4 Å². The molecule has 1 aromatic carbocycles. The molecule has 6 nitrogen and oxygen atoms in total. The molecule has 0 saturated carbocycles. The normalized spacial score (nSPS) is 14.7. The number of hydrogen-bond acceptors (Lipinski definition) is 3. The minimum atomic E-state index is -0.584. The highest BCUT2D eigenvalue weighted by Gasteiger charge is 2.28. The fourth-order valence-corrected chi connectivity index (χ4v) is 2.86. The van der Waals surface area contributed by atoms with Gasteiger partial charge < -0.3 is 15.1 Å². The summed E-state index contributed by atoms with van der Waals surface area (Å²) in [5.74, 6) is -1.14. The first-order chi connectivity index (χ1) is 11.3. The average molecular weight is 331 g/mol. The van der Waals surface area contributed by atoms with E-state index in [1.54, 1.807) is 4.90 Å². The van der Waals surface area contributed by atoms with Crippen LogP contribution in [0.1, 0.15) is 35.3 Å². The van der Waals surface area contributed by atoms with Gasteiger partial charge in [-0.15, -0.1) is 0 Å². The van der Waals surface area contributed by atoms with Crippen LogP contribution in [0.5, 0.6) is 0 Å². The fourth-order valence-electron chi connectivity index (χ4n) is 2.86. The van der Waals surface area contributed by atoms with Gasteiger partial charge in [-0.25, -0.2) is 0 Å². The number of nitrogens with zero attached hydrogens (tertiary/aromatic N) is 2. The molecular formula is C18H25N3O3. The van der Waals surface area contributed by atoms with Crippen molar-refractivity contribution >= 4 is 17.7 Å². The monoisotopic (exact) mass is 331 g/mol. The number of piperazine rings is 1. The first-order valence-corrected chi connectivity index (χ1v) is 8.25. The zero-order valence-corrected chi connectivity index (χ0v) is 14.8. The number of amides is 3. The van der Waals surface area contributed by atoms with E-state index in [-0.39, 0.29) is 11.9 Å². The molecule has 1 heterocycles. The lowest BCUT2D eigenvalue weighted by atomic mass is 10.1. The molecule has 0 aromatic heterocycles. The van der Waals surface area contributed by atoms with Crippen LogP contribution in [0.2, 0.25) is 0 Å². The Morgan fingerprint density at radius 1 is 0.917 bits per heavy atom. The maximum Gasteiger partial charge on any atom is 0.312 e. The Balaban J connectivity index is 1.96. The molecule has 1 fully saturated rings. The average Bonchev–Trinajstić information content (AvgIpc) is 2.52. The van der Waals surface area contributed by atoms with Gasteiger partial charge in [0.25, 0.3) is 5.91 Å². The van der Waals surface area contributed by atoms with Crippen LogP contribution in [0.3, 0.4) is 0 Å². The van der Waals surface area contributed by atoms with E-state index in [0.717, 1.165) is 11.1 Å². The van der Waals surface area contributed by atoms with E-state index in [2.05, 4.69) is 5.32 Å². The Kier molecular flexibility index (Phi) is 5.59. The number of rotatable bonds is 2. The van der Waals surface area contributed by atoms with E-state index in [1.807, 2.05) is 45.9 Å². The van der Waals surface area contributed by atoms with Gasteiger partial charge in [0.05, 0.1) is 0 Å². The minimum absolute atomic E-state index is 0.0273. The summed E-state index contributed by atoms with van der Waals surface area (Å²) in [6, 6.07) is 5.71. The lowest BCUT2D eigenvalue weighted by Gasteiger charge is -2.34. The molecule has 1 aromatic rings. The quantitative estimate of drug-likeness (QED) is 0.826. The molecule has 2 rings (SSSR count). The van der Waals surface area contributed by atoms with Crippen molar-refractivity contribution in [2.45, 2.75) is 33.7 Å². The number of benzene rings is 1. The van der Waals surface area contributed by atoms with Gasteiger partial charge in [0.2, 0.25) is 0 Å². The van der Waals surface area contributed by atoms with Gasteiger partial charge in [-0.05, 0) is 39.8 Å². The molecular weight excluding hydrogens is 306 g/mol. The van der Waals surface area contributed by atoms with Gasteiger partial charge in [0.15, 0.2) is 0 Å². The fraction of sp³-hybridized carbons (Fsp3) is 0.500. The predicted octanol–water partition coefficient (Wildman–Crippen LogP) is 1.11. The smallest absolute Gasteiger partial charge is 0.312 e. The number of carbonyl (C=O) groups is 3. The second-order valence-corrected chi connectivity index (χ2v) is 6.59. The van der Waals surface area contributed by atoms with Gasteiger partial charge in [0, 0.05) is 37.8 Å². The highest BCUT2D eigenvalue weighted by molar-refractivity contribution is 6.35. The topological polar surface area (TPSA) is 69.7 Å². The van der Waals surface area contributed by atoms with Crippen LogP contribution < -0.4 is 5.32 Å². The predicted molar refractivity (Wildman–Crippen MR) is 91.7 cm³/mol. The van der Waals surface area contributed by atoms with Crippen LogP contribution in [-0.2, 0) is 9.59 Å². The third-order valence-corrected chi connectivity index (χ3v) is 3.94. The van der Waals surface area contributed by atoms with Gasteiger partial charge in [-0.1, -0.05) is 17.2 Å². The maximum atomic E-state index is 12.6. The van der Waals surface area contributed by atoms with E-state index in [1.165, 1.54) is 4.90 Å². The summed E-state index contributed by atoms with van der Waals surface area (Å²) in [5, 5.41) is 2.60. The number of nitrogens with one attached hydrogen (secondary N) is 1. The molecule has 0 radical (unpaired) electrons. The van der Waals surface area contributed by atoms with Gasteiger partial charge >= 0.3 is 11.8 Å². The summed E-state index contributed by atoms with van der Waals surface area (Å²) in [5.41, 5.74) is 2.78. The van der Waals surface area contributed by atoms with Crippen molar-refractivity contribution in [2.24, 2.45) is 0 Å². The molecule has 0 bridgehead atoms. The summed E-state index contributed by atoms with van der Waals surface area (Å²) in [6.07, 6.45) is 0. The lowest BCUT2D eigenvalue weighted by Crippen LogP contribution is -2.54. The van der Waals surface area contributed by atoms with E-state index in [0.29, 0.717) is 31.7 Å². The molecule has 6 heteroatoms. The Hall–Kier alpha value is -2.37. The third-order valence-electron chi connectivity index (χ3n) is 3.94. The number of aryl methyl sites for hydroxylation is 2. The van der Waals surface area contributed by atoms with Crippen molar-refractivity contribution in [3.63, 3.8) is 0 Å². The second-order valence-electron chi connectivity index (χ2n) is 6.59. The Morgan fingerprint density at radius 2 is 1.42 bits per heavy atom. The Morgan fingerprint density at radius 3 is 1.92 bits per heavy atom.